The van der Waals surface area contributed by atoms with Crippen LogP contribution in [0.2, 0.25) is 19.1 Å². The summed E-state index contributed by atoms with van der Waals surface area (Å²) < 4.78 is 16.5. The van der Waals surface area contributed by atoms with E-state index in [9.17, 15) is 4.79 Å². The van der Waals surface area contributed by atoms with Gasteiger partial charge in [-0.3, -0.25) is 4.79 Å². The summed E-state index contributed by atoms with van der Waals surface area (Å²) >= 11 is 0. The van der Waals surface area contributed by atoms with Crippen molar-refractivity contribution in [1.29, 1.82) is 0 Å². The van der Waals surface area contributed by atoms with Crippen molar-refractivity contribution >= 4 is 14.3 Å². The van der Waals surface area contributed by atoms with Gasteiger partial charge in [0.2, 0.25) is 0 Å². The van der Waals surface area contributed by atoms with Crippen molar-refractivity contribution in [3.63, 3.8) is 0 Å². The molecule has 0 amide bonds. The molecule has 0 fully saturated rings. The number of carbonyl (C=O) groups excluding carboxylic acids is 1. The van der Waals surface area contributed by atoms with Crippen molar-refractivity contribution in [3.05, 3.63) is 65.7 Å². The minimum Gasteiger partial charge on any atom is -0.488 e. The zero-order valence-corrected chi connectivity index (χ0v) is 29.7. The Morgan fingerprint density at radius 2 is 1.29 bits per heavy atom. The molecule has 0 aliphatic heterocycles. The highest BCUT2D eigenvalue weighted by atomic mass is 28.4. The van der Waals surface area contributed by atoms with E-state index in [4.69, 9.17) is 13.9 Å². The Labute approximate surface area is 254 Å². The number of esters is 1. The first kappa shape index (κ1) is 38.9. The second kappa shape index (κ2) is 19.1. The Morgan fingerprint density at radius 3 is 1.71 bits per heavy atom. The molecule has 0 saturated carbocycles. The first-order chi connectivity index (χ1) is 19.0. The highest BCUT2D eigenvalue weighted by molar-refractivity contribution is 6.71. The van der Waals surface area contributed by atoms with Crippen LogP contribution in [-0.4, -0.2) is 33.6 Å². The van der Waals surface area contributed by atoms with Crippen LogP contribution in [0, 0.1) is 5.41 Å². The highest BCUT2D eigenvalue weighted by Gasteiger charge is 2.27. The summed E-state index contributed by atoms with van der Waals surface area (Å²) in [7, 11) is 0.268. The van der Waals surface area contributed by atoms with Crippen LogP contribution in [0.25, 0.3) is 0 Å². The molecule has 0 aliphatic carbocycles. The molecule has 41 heavy (non-hydrogen) atoms. The molecule has 0 bridgehead atoms. The first-order valence-corrected chi connectivity index (χ1v) is 18.7. The van der Waals surface area contributed by atoms with Gasteiger partial charge in [0.15, 0.2) is 8.32 Å². The number of hydrogen-bond acceptors (Lipinski definition) is 4. The van der Waals surface area contributed by atoms with Gasteiger partial charge in [-0.25, -0.2) is 0 Å². The predicted octanol–water partition coefficient (Wildman–Crippen LogP) is 10.8. The smallest absolute Gasteiger partial charge is 0.311 e. The second-order valence-electron chi connectivity index (χ2n) is 13.3. The third-order valence-corrected chi connectivity index (χ3v) is 10.3. The van der Waals surface area contributed by atoms with E-state index in [1.165, 1.54) is 24.0 Å². The normalized spacial score (nSPS) is 13.1. The summed E-state index contributed by atoms with van der Waals surface area (Å²) in [5, 5.41) is 0. The van der Waals surface area contributed by atoms with Gasteiger partial charge in [0.05, 0.1) is 12.0 Å². The van der Waals surface area contributed by atoms with Gasteiger partial charge in [0, 0.05) is 7.11 Å². The molecule has 0 aromatic heterocycles. The minimum absolute atomic E-state index is 0.0908. The monoisotopic (exact) mass is 586 g/mol. The van der Waals surface area contributed by atoms with E-state index >= 15 is 0 Å². The van der Waals surface area contributed by atoms with E-state index in [2.05, 4.69) is 116 Å². The molecule has 0 N–H and O–H groups in total. The van der Waals surface area contributed by atoms with Crippen LogP contribution in [0.5, 0.6) is 5.75 Å². The predicted molar refractivity (Wildman–Crippen MR) is 180 cm³/mol. The number of hydrogen-bond donors (Lipinski definition) is 0. The Balaban J connectivity index is 0.000000600. The summed E-state index contributed by atoms with van der Waals surface area (Å²) in [6, 6.07) is 20.1. The van der Waals surface area contributed by atoms with E-state index in [1.54, 1.807) is 7.11 Å². The maximum atomic E-state index is 11.6. The van der Waals surface area contributed by atoms with Gasteiger partial charge in [0.25, 0.3) is 0 Å². The lowest BCUT2D eigenvalue weighted by atomic mass is 9.91. The van der Waals surface area contributed by atoms with Crippen LogP contribution in [0.1, 0.15) is 118 Å². The zero-order valence-electron chi connectivity index (χ0n) is 28.7. The van der Waals surface area contributed by atoms with E-state index in [0.29, 0.717) is 18.4 Å². The summed E-state index contributed by atoms with van der Waals surface area (Å²) in [6.45, 7) is 25.8. The molecular weight excluding hydrogens is 524 g/mol. The number of benzene rings is 2. The molecule has 0 saturated heterocycles. The Bertz CT molecular complexity index is 946. The minimum atomic E-state index is -1.49. The fourth-order valence-electron chi connectivity index (χ4n) is 3.58. The van der Waals surface area contributed by atoms with Gasteiger partial charge < -0.3 is 13.9 Å². The molecule has 4 nitrogen and oxygen atoms in total. The van der Waals surface area contributed by atoms with Crippen molar-refractivity contribution in [2.75, 3.05) is 13.7 Å². The van der Waals surface area contributed by atoms with Crippen LogP contribution < -0.4 is 4.74 Å². The first-order valence-electron chi connectivity index (χ1n) is 15.6. The molecule has 2 rings (SSSR count). The van der Waals surface area contributed by atoms with Crippen LogP contribution in [0.15, 0.2) is 54.6 Å². The molecule has 2 aromatic carbocycles. The van der Waals surface area contributed by atoms with Gasteiger partial charge in [-0.05, 0) is 115 Å². The topological polar surface area (TPSA) is 44.8 Å². The number of rotatable bonds is 12. The maximum Gasteiger partial charge on any atom is 0.311 e. The van der Waals surface area contributed by atoms with E-state index in [1.807, 2.05) is 20.8 Å². The van der Waals surface area contributed by atoms with Crippen molar-refractivity contribution in [2.24, 2.45) is 5.41 Å². The Morgan fingerprint density at radius 1 is 0.805 bits per heavy atom. The van der Waals surface area contributed by atoms with Crippen LogP contribution in [0.3, 0.4) is 0 Å². The highest BCUT2D eigenvalue weighted by Crippen LogP contribution is 2.24. The maximum absolute atomic E-state index is 11.6. The fraction of sp³-hybridized carbons (Fsp3) is 0.639. The van der Waals surface area contributed by atoms with Crippen LogP contribution in [-0.2, 0) is 14.0 Å². The molecule has 0 heterocycles. The molecule has 5 heteroatoms. The van der Waals surface area contributed by atoms with Gasteiger partial charge in [-0.2, -0.15) is 0 Å². The van der Waals surface area contributed by atoms with Gasteiger partial charge in [-0.15, -0.1) is 0 Å². The fourth-order valence-corrected chi connectivity index (χ4v) is 4.78. The van der Waals surface area contributed by atoms with Crippen molar-refractivity contribution in [2.45, 2.75) is 131 Å². The molecular formula is C36H62O4Si. The average Bonchev–Trinajstić information content (AvgIpc) is 2.95. The number of ether oxygens (including phenoxy) is 2. The average molecular weight is 587 g/mol. The second-order valence-corrected chi connectivity index (χ2v) is 17.7. The molecule has 2 aromatic rings. The number of carbonyl (C=O) groups is 1. The van der Waals surface area contributed by atoms with Crippen LogP contribution in [0.4, 0.5) is 0 Å². The van der Waals surface area contributed by atoms with Crippen molar-refractivity contribution in [3.8, 4) is 5.75 Å². The molecule has 2 unspecified atom stereocenters. The van der Waals surface area contributed by atoms with Crippen molar-refractivity contribution < 1.29 is 18.7 Å². The standard InChI is InChI=1S/C14H22O.C12H26O3Si.C10H14/c1-6-11(2)12-7-9-13(10-8-12)15-14(3,4)5;1-7-12(2,3)11(13)15-9-8-10-16(5,6)14-4;1-3-9(2)10-7-5-4-6-8-10/h7-11H,6H2,1-5H3;7-10H2,1-6H3;4-9H,3H2,1-2H3. The Hall–Kier alpha value is -2.11. The SMILES string of the molecule is CCC(C)(C)C(=O)OCCC[Si](C)(C)OC.CCC(C)c1ccc(OC(C)(C)C)cc1.CCC(C)c1ccccc1. The summed E-state index contributed by atoms with van der Waals surface area (Å²) in [5.74, 6) is 2.20. The quantitative estimate of drug-likeness (QED) is 0.141. The van der Waals surface area contributed by atoms with Gasteiger partial charge >= 0.3 is 5.97 Å². The summed E-state index contributed by atoms with van der Waals surface area (Å²) in [5.41, 5.74) is 2.37. The summed E-state index contributed by atoms with van der Waals surface area (Å²) in [4.78, 5) is 11.6. The molecule has 0 radical (unpaired) electrons. The molecule has 234 valence electrons. The molecule has 0 aliphatic rings. The van der Waals surface area contributed by atoms with E-state index in [0.717, 1.165) is 24.6 Å². The van der Waals surface area contributed by atoms with E-state index < -0.39 is 8.32 Å². The summed E-state index contributed by atoms with van der Waals surface area (Å²) in [6.07, 6.45) is 4.12. The largest absolute Gasteiger partial charge is 0.488 e. The lowest BCUT2D eigenvalue weighted by molar-refractivity contribution is -0.154. The van der Waals surface area contributed by atoms with Gasteiger partial charge in [0.1, 0.15) is 11.4 Å². The van der Waals surface area contributed by atoms with Crippen molar-refractivity contribution in [1.82, 2.24) is 0 Å². The lowest BCUT2D eigenvalue weighted by Gasteiger charge is -2.22. The van der Waals surface area contributed by atoms with E-state index in [-0.39, 0.29) is 17.0 Å². The Kier molecular flexibility index (Phi) is 18.2. The van der Waals surface area contributed by atoms with Crippen LogP contribution >= 0.6 is 0 Å². The third-order valence-electron chi connectivity index (χ3n) is 7.61. The zero-order chi connectivity index (χ0) is 31.7. The molecule has 0 spiro atoms. The lowest BCUT2D eigenvalue weighted by Crippen LogP contribution is -2.30. The third kappa shape index (κ3) is 17.4. The van der Waals surface area contributed by atoms with Gasteiger partial charge in [-0.1, -0.05) is 77.1 Å². The molecule has 2 atom stereocenters.